The number of piperazine rings is 1. The molecule has 0 saturated carbocycles. The third-order valence-electron chi connectivity index (χ3n) is 6.14. The summed E-state index contributed by atoms with van der Waals surface area (Å²) >= 11 is 0. The summed E-state index contributed by atoms with van der Waals surface area (Å²) in [6.45, 7) is 6.44. The van der Waals surface area contributed by atoms with Gasteiger partial charge < -0.3 is 14.1 Å². The Labute approximate surface area is 194 Å². The Morgan fingerprint density at radius 3 is 2.55 bits per heavy atom. The molecule has 3 aromatic carbocycles. The van der Waals surface area contributed by atoms with Gasteiger partial charge in [-0.25, -0.2) is 0 Å². The van der Waals surface area contributed by atoms with Gasteiger partial charge in [0, 0.05) is 38.1 Å². The number of carbonyl (C=O) groups excluding carboxylic acids is 1. The van der Waals surface area contributed by atoms with Crippen LogP contribution in [0.25, 0.3) is 10.8 Å². The summed E-state index contributed by atoms with van der Waals surface area (Å²) in [5.41, 5.74) is 2.59. The van der Waals surface area contributed by atoms with Gasteiger partial charge in [-0.05, 0) is 36.1 Å². The second-order valence-electron chi connectivity index (χ2n) is 8.59. The second kappa shape index (κ2) is 9.51. The highest BCUT2D eigenvalue weighted by Crippen LogP contribution is 2.26. The molecule has 1 amide bonds. The summed E-state index contributed by atoms with van der Waals surface area (Å²) in [7, 11) is 0. The predicted octanol–water partition coefficient (Wildman–Crippen LogP) is 5.28. The molecule has 5 heteroatoms. The van der Waals surface area contributed by atoms with Crippen molar-refractivity contribution in [2.45, 2.75) is 20.1 Å². The highest BCUT2D eigenvalue weighted by Gasteiger charge is 2.24. The van der Waals surface area contributed by atoms with Gasteiger partial charge in [-0.15, -0.1) is 0 Å². The number of amides is 1. The SMILES string of the molecule is Cc1cccc(CN2CCN(C(=O)c3ccc(COc4cccc5ccccc45)o3)CC2)c1. The van der Waals surface area contributed by atoms with Gasteiger partial charge in [-0.3, -0.25) is 9.69 Å². The van der Waals surface area contributed by atoms with Gasteiger partial charge in [0.25, 0.3) is 5.91 Å². The van der Waals surface area contributed by atoms with E-state index in [1.165, 1.54) is 11.1 Å². The number of nitrogens with zero attached hydrogens (tertiary/aromatic N) is 2. The normalized spacial score (nSPS) is 14.5. The highest BCUT2D eigenvalue weighted by atomic mass is 16.5. The van der Waals surface area contributed by atoms with Crippen LogP contribution in [0.5, 0.6) is 5.75 Å². The average Bonchev–Trinajstić information content (AvgIpc) is 3.32. The van der Waals surface area contributed by atoms with Crippen LogP contribution in [0.2, 0.25) is 0 Å². The number of benzene rings is 3. The van der Waals surface area contributed by atoms with Crippen LogP contribution < -0.4 is 4.74 Å². The molecule has 33 heavy (non-hydrogen) atoms. The Morgan fingerprint density at radius 2 is 1.70 bits per heavy atom. The van der Waals surface area contributed by atoms with E-state index in [-0.39, 0.29) is 12.5 Å². The zero-order chi connectivity index (χ0) is 22.6. The Bertz CT molecular complexity index is 1250. The van der Waals surface area contributed by atoms with E-state index in [9.17, 15) is 4.79 Å². The fourth-order valence-corrected chi connectivity index (χ4v) is 4.37. The van der Waals surface area contributed by atoms with Crippen LogP contribution in [0.1, 0.15) is 27.4 Å². The van der Waals surface area contributed by atoms with E-state index in [1.54, 1.807) is 6.07 Å². The summed E-state index contributed by atoms with van der Waals surface area (Å²) in [6.07, 6.45) is 0. The van der Waals surface area contributed by atoms with Crippen LogP contribution in [0.3, 0.4) is 0 Å². The molecular formula is C28H28N2O3. The van der Waals surface area contributed by atoms with Crippen molar-refractivity contribution in [3.63, 3.8) is 0 Å². The fourth-order valence-electron chi connectivity index (χ4n) is 4.37. The number of aryl methyl sites for hydroxylation is 1. The quantitative estimate of drug-likeness (QED) is 0.409. The molecule has 0 unspecified atom stereocenters. The largest absolute Gasteiger partial charge is 0.485 e. The van der Waals surface area contributed by atoms with E-state index in [4.69, 9.17) is 9.15 Å². The zero-order valence-electron chi connectivity index (χ0n) is 18.9. The van der Waals surface area contributed by atoms with Gasteiger partial charge in [-0.1, -0.05) is 66.2 Å². The monoisotopic (exact) mass is 440 g/mol. The maximum Gasteiger partial charge on any atom is 0.289 e. The molecule has 0 aliphatic carbocycles. The smallest absolute Gasteiger partial charge is 0.289 e. The first kappa shape index (κ1) is 21.3. The number of hydrogen-bond acceptors (Lipinski definition) is 4. The van der Waals surface area contributed by atoms with Crippen LogP contribution >= 0.6 is 0 Å². The van der Waals surface area contributed by atoms with Crippen molar-refractivity contribution in [2.75, 3.05) is 26.2 Å². The zero-order valence-corrected chi connectivity index (χ0v) is 18.9. The van der Waals surface area contributed by atoms with Crippen molar-refractivity contribution in [3.8, 4) is 5.75 Å². The summed E-state index contributed by atoms with van der Waals surface area (Å²) in [6, 6.07) is 26.3. The van der Waals surface area contributed by atoms with E-state index in [1.807, 2.05) is 41.3 Å². The van der Waals surface area contributed by atoms with Crippen molar-refractivity contribution in [1.29, 1.82) is 0 Å². The van der Waals surface area contributed by atoms with Crippen molar-refractivity contribution in [3.05, 3.63) is 102 Å². The third kappa shape index (κ3) is 4.94. The van der Waals surface area contributed by atoms with Crippen molar-refractivity contribution in [2.24, 2.45) is 0 Å². The van der Waals surface area contributed by atoms with Gasteiger partial charge in [-0.2, -0.15) is 0 Å². The van der Waals surface area contributed by atoms with Crippen LogP contribution in [0.4, 0.5) is 0 Å². The standard InChI is InChI=1S/C28H28N2O3/c1-21-6-4-7-22(18-21)19-29-14-16-30(17-15-29)28(31)27-13-12-24(33-27)20-32-26-11-5-9-23-8-2-3-10-25(23)26/h2-13,18H,14-17,19-20H2,1H3. The Balaban J connectivity index is 1.16. The molecule has 4 aromatic rings. The molecule has 0 atom stereocenters. The summed E-state index contributed by atoms with van der Waals surface area (Å²) in [4.78, 5) is 17.2. The van der Waals surface area contributed by atoms with Gasteiger partial charge in [0.15, 0.2) is 5.76 Å². The fraction of sp³-hybridized carbons (Fsp3) is 0.250. The average molecular weight is 441 g/mol. The molecule has 1 saturated heterocycles. The molecule has 0 radical (unpaired) electrons. The lowest BCUT2D eigenvalue weighted by atomic mass is 10.1. The van der Waals surface area contributed by atoms with E-state index < -0.39 is 0 Å². The molecule has 0 bridgehead atoms. The van der Waals surface area contributed by atoms with E-state index in [2.05, 4.69) is 48.2 Å². The molecule has 0 spiro atoms. The Morgan fingerprint density at radius 1 is 0.909 bits per heavy atom. The van der Waals surface area contributed by atoms with E-state index in [0.29, 0.717) is 24.6 Å². The van der Waals surface area contributed by atoms with Gasteiger partial charge in [0.1, 0.15) is 18.1 Å². The van der Waals surface area contributed by atoms with Gasteiger partial charge >= 0.3 is 0 Å². The molecule has 1 aliphatic heterocycles. The lowest BCUT2D eigenvalue weighted by Crippen LogP contribution is -2.48. The van der Waals surface area contributed by atoms with Crippen LogP contribution in [-0.4, -0.2) is 41.9 Å². The van der Waals surface area contributed by atoms with E-state index >= 15 is 0 Å². The van der Waals surface area contributed by atoms with Gasteiger partial charge in [0.2, 0.25) is 0 Å². The second-order valence-corrected chi connectivity index (χ2v) is 8.59. The minimum Gasteiger partial charge on any atom is -0.485 e. The molecule has 1 aliphatic rings. The molecule has 168 valence electrons. The number of ether oxygens (including phenoxy) is 1. The maximum absolute atomic E-state index is 12.9. The molecule has 2 heterocycles. The topological polar surface area (TPSA) is 45.9 Å². The summed E-state index contributed by atoms with van der Waals surface area (Å²) in [5, 5.41) is 2.19. The summed E-state index contributed by atoms with van der Waals surface area (Å²) in [5.74, 6) is 1.77. The summed E-state index contributed by atoms with van der Waals surface area (Å²) < 4.78 is 11.8. The first-order valence-electron chi connectivity index (χ1n) is 11.4. The first-order valence-corrected chi connectivity index (χ1v) is 11.4. The Hall–Kier alpha value is -3.57. The van der Waals surface area contributed by atoms with Gasteiger partial charge in [0.05, 0.1) is 0 Å². The first-order chi connectivity index (χ1) is 16.2. The minimum absolute atomic E-state index is 0.0541. The van der Waals surface area contributed by atoms with Crippen molar-refractivity contribution < 1.29 is 13.9 Å². The molecule has 5 nitrogen and oxygen atoms in total. The maximum atomic E-state index is 12.9. The number of carbonyl (C=O) groups is 1. The van der Waals surface area contributed by atoms with Crippen LogP contribution in [0, 0.1) is 6.92 Å². The van der Waals surface area contributed by atoms with Crippen molar-refractivity contribution in [1.82, 2.24) is 9.80 Å². The van der Waals surface area contributed by atoms with Crippen LogP contribution in [-0.2, 0) is 13.2 Å². The number of furan rings is 1. The van der Waals surface area contributed by atoms with Crippen LogP contribution in [0.15, 0.2) is 83.3 Å². The molecule has 0 N–H and O–H groups in total. The predicted molar refractivity (Wildman–Crippen MR) is 129 cm³/mol. The number of rotatable bonds is 6. The number of fused-ring (bicyclic) bond motifs is 1. The lowest BCUT2D eigenvalue weighted by Gasteiger charge is -2.34. The Kier molecular flexibility index (Phi) is 6.13. The molecule has 5 rings (SSSR count). The molecule has 1 aromatic heterocycles. The number of hydrogen-bond donors (Lipinski definition) is 0. The lowest BCUT2D eigenvalue weighted by molar-refractivity contribution is 0.0594. The van der Waals surface area contributed by atoms with E-state index in [0.717, 1.165) is 36.2 Å². The minimum atomic E-state index is -0.0541. The van der Waals surface area contributed by atoms with Crippen molar-refractivity contribution >= 4 is 16.7 Å². The molecular weight excluding hydrogens is 412 g/mol. The third-order valence-corrected chi connectivity index (χ3v) is 6.14. The highest BCUT2D eigenvalue weighted by molar-refractivity contribution is 5.91. The molecule has 1 fully saturated rings.